The van der Waals surface area contributed by atoms with E-state index in [0.717, 1.165) is 25.8 Å². The fourth-order valence-corrected chi connectivity index (χ4v) is 8.60. The number of fused-ring (bicyclic) bond motifs is 4. The number of rotatable bonds is 9. The summed E-state index contributed by atoms with van der Waals surface area (Å²) in [6, 6.07) is 41.0. The lowest BCUT2D eigenvalue weighted by Gasteiger charge is -2.29. The van der Waals surface area contributed by atoms with Crippen molar-refractivity contribution in [1.82, 2.24) is 0 Å². The Morgan fingerprint density at radius 3 is 2.24 bits per heavy atom. The lowest BCUT2D eigenvalue weighted by Crippen LogP contribution is -2.39. The highest BCUT2D eigenvalue weighted by Gasteiger charge is 2.52. The van der Waals surface area contributed by atoms with Gasteiger partial charge in [0.1, 0.15) is 6.54 Å². The number of nitrogens with zero attached hydrogens (tertiary/aromatic N) is 2. The Morgan fingerprint density at radius 2 is 1.47 bits per heavy atom. The number of hydrogen-bond acceptors (Lipinski definition) is 1. The van der Waals surface area contributed by atoms with Crippen LogP contribution in [0.2, 0.25) is 0 Å². The van der Waals surface area contributed by atoms with E-state index in [1.165, 1.54) is 66.9 Å². The van der Waals surface area contributed by atoms with E-state index in [0.29, 0.717) is 5.92 Å². The van der Waals surface area contributed by atoms with E-state index in [9.17, 15) is 0 Å². The molecule has 5 aromatic carbocycles. The molecule has 0 spiro atoms. The van der Waals surface area contributed by atoms with Crippen LogP contribution in [0, 0.1) is 19.8 Å². The molecule has 0 radical (unpaired) electrons. The molecule has 2 aliphatic rings. The van der Waals surface area contributed by atoms with Gasteiger partial charge >= 0.3 is 0 Å². The number of allylic oxidation sites excluding steroid dienone is 4. The summed E-state index contributed by atoms with van der Waals surface area (Å²) >= 11 is 0. The standard InChI is InChI=1S/C47H51N2/c1-33(2)27-28-49-42-26-24-38-19-11-12-20-39(38)45(42)47(31-36-16-9-8-10-17-36,32-37-18-13-15-34(3)29-37)44(49)22-14-21-43-46(5,6)40-30-35(4)23-25-41(40)48(43)7/h8-26,29-30,33H,27-28,31-32H2,1-7H3/q+1. The predicted molar refractivity (Wildman–Crippen MR) is 210 cm³/mol. The van der Waals surface area contributed by atoms with Gasteiger partial charge in [0.2, 0.25) is 5.69 Å². The first-order valence-electron chi connectivity index (χ1n) is 18.1. The molecule has 2 heteroatoms. The van der Waals surface area contributed by atoms with E-state index >= 15 is 0 Å². The van der Waals surface area contributed by atoms with Gasteiger partial charge in [-0.05, 0) is 78.3 Å². The molecule has 2 nitrogen and oxygen atoms in total. The lowest BCUT2D eigenvalue weighted by atomic mass is 9.67. The van der Waals surface area contributed by atoms with Gasteiger partial charge in [0, 0.05) is 48.0 Å². The fourth-order valence-electron chi connectivity index (χ4n) is 8.60. The van der Waals surface area contributed by atoms with E-state index in [-0.39, 0.29) is 10.8 Å². The van der Waals surface area contributed by atoms with E-state index < -0.39 is 0 Å². The molecule has 0 N–H and O–H groups in total. The third-order valence-electron chi connectivity index (χ3n) is 11.0. The summed E-state index contributed by atoms with van der Waals surface area (Å²) in [4.78, 5) is 2.39. The zero-order valence-electron chi connectivity index (χ0n) is 30.4. The number of anilines is 1. The highest BCUT2D eigenvalue weighted by Crippen LogP contribution is 2.50. The zero-order chi connectivity index (χ0) is 34.3. The molecule has 0 aliphatic carbocycles. The second-order valence-electron chi connectivity index (χ2n) is 15.4. The van der Waals surface area contributed by atoms with Gasteiger partial charge in [-0.2, -0.15) is 4.58 Å². The Kier molecular flexibility index (Phi) is 8.69. The second kappa shape index (κ2) is 13.0. The number of benzene rings is 5. The molecule has 2 heterocycles. The summed E-state index contributed by atoms with van der Waals surface area (Å²) in [6.07, 6.45) is 10.2. The summed E-state index contributed by atoms with van der Waals surface area (Å²) in [7, 11) is 2.22. The lowest BCUT2D eigenvalue weighted by molar-refractivity contribution is -0.439. The van der Waals surface area contributed by atoms with E-state index in [2.05, 4.69) is 185 Å². The molecule has 0 saturated carbocycles. The number of hydrogen-bond donors (Lipinski definition) is 0. The van der Waals surface area contributed by atoms with Gasteiger partial charge in [0.05, 0.1) is 5.41 Å². The Balaban J connectivity index is 1.47. The van der Waals surface area contributed by atoms with Crippen molar-refractivity contribution in [2.75, 3.05) is 18.5 Å². The van der Waals surface area contributed by atoms with Gasteiger partial charge in [0.25, 0.3) is 0 Å². The van der Waals surface area contributed by atoms with Crippen LogP contribution in [0.4, 0.5) is 11.4 Å². The topological polar surface area (TPSA) is 6.25 Å². The van der Waals surface area contributed by atoms with Crippen LogP contribution in [0.5, 0.6) is 0 Å². The monoisotopic (exact) mass is 643 g/mol. The van der Waals surface area contributed by atoms with E-state index in [1.54, 1.807) is 0 Å². The molecule has 248 valence electrons. The maximum Gasteiger partial charge on any atom is 0.210 e. The van der Waals surface area contributed by atoms with Crippen LogP contribution in [-0.2, 0) is 23.7 Å². The Morgan fingerprint density at radius 1 is 0.755 bits per heavy atom. The Bertz CT molecular complexity index is 2110. The summed E-state index contributed by atoms with van der Waals surface area (Å²) < 4.78 is 2.68. The van der Waals surface area contributed by atoms with Crippen molar-refractivity contribution in [3.8, 4) is 0 Å². The van der Waals surface area contributed by atoms with Crippen LogP contribution >= 0.6 is 0 Å². The van der Waals surface area contributed by atoms with Crippen LogP contribution in [0.1, 0.15) is 67.5 Å². The quantitative estimate of drug-likeness (QED) is 0.145. The number of aryl methyl sites for hydroxylation is 2. The van der Waals surface area contributed by atoms with Crippen LogP contribution in [0.3, 0.4) is 0 Å². The first kappa shape index (κ1) is 32.8. The van der Waals surface area contributed by atoms with Gasteiger partial charge in [-0.1, -0.05) is 136 Å². The SMILES string of the molecule is Cc1cccc(CC2(Cc3ccccc3)C(/C=C/C=C3/N(C)c4ccc(C)cc4C3(C)C)=[N+](CCC(C)C)c3ccc4ccccc4c32)c1. The van der Waals surface area contributed by atoms with Gasteiger partial charge in [-0.3, -0.25) is 0 Å². The van der Waals surface area contributed by atoms with Crippen LogP contribution in [-0.4, -0.2) is 23.9 Å². The molecule has 1 unspecified atom stereocenters. The van der Waals surface area contributed by atoms with E-state index in [4.69, 9.17) is 0 Å². The normalized spacial score (nSPS) is 19.1. The molecule has 0 saturated heterocycles. The van der Waals surface area contributed by atoms with Gasteiger partial charge in [0.15, 0.2) is 5.71 Å². The summed E-state index contributed by atoms with van der Waals surface area (Å²) in [5, 5.41) is 2.67. The summed E-state index contributed by atoms with van der Waals surface area (Å²) in [5.41, 5.74) is 13.3. The zero-order valence-corrected chi connectivity index (χ0v) is 30.4. The van der Waals surface area contributed by atoms with Gasteiger partial charge < -0.3 is 4.90 Å². The molecule has 7 rings (SSSR count). The van der Waals surface area contributed by atoms with Crippen molar-refractivity contribution in [3.63, 3.8) is 0 Å². The fraction of sp³-hybridized carbons (Fsp3) is 0.298. The number of likely N-dealkylation sites (N-methyl/N-ethyl adjacent to an activating group) is 1. The molecule has 0 aromatic heterocycles. The molecule has 0 fully saturated rings. The van der Waals surface area contributed by atoms with Gasteiger partial charge in [-0.25, -0.2) is 0 Å². The minimum Gasteiger partial charge on any atom is -0.347 e. The van der Waals surface area contributed by atoms with Crippen molar-refractivity contribution in [2.24, 2.45) is 5.92 Å². The summed E-state index contributed by atoms with van der Waals surface area (Å²) in [5.74, 6) is 0.604. The first-order chi connectivity index (χ1) is 23.6. The van der Waals surface area contributed by atoms with E-state index in [1.807, 2.05) is 0 Å². The minimum atomic E-state index is -0.269. The highest BCUT2D eigenvalue weighted by molar-refractivity contribution is 6.08. The molecule has 49 heavy (non-hydrogen) atoms. The molecule has 5 aromatic rings. The Hall–Kier alpha value is -4.69. The molecular weight excluding hydrogens is 593 g/mol. The minimum absolute atomic E-state index is 0.0834. The average Bonchev–Trinajstić information content (AvgIpc) is 3.43. The van der Waals surface area contributed by atoms with Crippen molar-refractivity contribution in [1.29, 1.82) is 0 Å². The third kappa shape index (κ3) is 5.97. The first-order valence-corrected chi connectivity index (χ1v) is 18.1. The maximum absolute atomic E-state index is 2.68. The average molecular weight is 644 g/mol. The van der Waals surface area contributed by atoms with Crippen molar-refractivity contribution in [3.05, 3.63) is 167 Å². The third-order valence-corrected chi connectivity index (χ3v) is 11.0. The second-order valence-corrected chi connectivity index (χ2v) is 15.4. The molecule has 0 bridgehead atoms. The summed E-state index contributed by atoms with van der Waals surface area (Å²) in [6.45, 7) is 14.8. The Labute approximate surface area is 294 Å². The van der Waals surface area contributed by atoms with Crippen molar-refractivity contribution >= 4 is 27.9 Å². The van der Waals surface area contributed by atoms with Gasteiger partial charge in [-0.15, -0.1) is 0 Å². The molecular formula is C47H51N2+. The van der Waals surface area contributed by atoms with Crippen LogP contribution in [0.25, 0.3) is 10.8 Å². The van der Waals surface area contributed by atoms with Crippen LogP contribution < -0.4 is 4.90 Å². The van der Waals surface area contributed by atoms with Crippen molar-refractivity contribution < 1.29 is 4.58 Å². The molecule has 1 atom stereocenters. The predicted octanol–water partition coefficient (Wildman–Crippen LogP) is 11.2. The molecule has 0 amide bonds. The smallest absolute Gasteiger partial charge is 0.210 e. The molecule has 2 aliphatic heterocycles. The van der Waals surface area contributed by atoms with Crippen molar-refractivity contribution in [2.45, 2.75) is 71.6 Å². The highest BCUT2D eigenvalue weighted by atomic mass is 15.2. The van der Waals surface area contributed by atoms with Crippen LogP contribution in [0.15, 0.2) is 133 Å². The maximum atomic E-state index is 2.68. The largest absolute Gasteiger partial charge is 0.347 e.